The highest BCUT2D eigenvalue weighted by atomic mass is 79.9. The first kappa shape index (κ1) is 12.5. The molecule has 0 aliphatic heterocycles. The summed E-state index contributed by atoms with van der Waals surface area (Å²) in [5, 5.41) is 1.04. The molecule has 0 atom stereocenters. The first-order chi connectivity index (χ1) is 9.15. The van der Waals surface area contributed by atoms with Crippen molar-refractivity contribution in [1.29, 1.82) is 0 Å². The van der Waals surface area contributed by atoms with Gasteiger partial charge in [0, 0.05) is 17.1 Å². The van der Waals surface area contributed by atoms with Gasteiger partial charge in [0.05, 0.1) is 14.2 Å². The van der Waals surface area contributed by atoms with Crippen LogP contribution in [0.4, 0.5) is 0 Å². The van der Waals surface area contributed by atoms with E-state index in [-0.39, 0.29) is 5.78 Å². The third kappa shape index (κ3) is 2.33. The molecule has 0 bridgehead atoms. The second-order valence-electron chi connectivity index (χ2n) is 4.31. The average molecular weight is 332 g/mol. The Kier molecular flexibility index (Phi) is 3.21. The summed E-state index contributed by atoms with van der Waals surface area (Å²) in [5.74, 6) is 0.0475. The molecular weight excluding hydrogens is 322 g/mol. The zero-order valence-electron chi connectivity index (χ0n) is 10.2. The molecule has 0 unspecified atom stereocenters. The molecule has 0 fully saturated rings. The van der Waals surface area contributed by atoms with E-state index in [0.29, 0.717) is 5.56 Å². The predicted octanol–water partition coefficient (Wildman–Crippen LogP) is 4.60. The number of hydrogen-bond acceptors (Lipinski definition) is 3. The van der Waals surface area contributed by atoms with Gasteiger partial charge in [-0.1, -0.05) is 18.2 Å². The Bertz CT molecular complexity index is 759. The fourth-order valence-electron chi connectivity index (χ4n) is 1.92. The van der Waals surface area contributed by atoms with Gasteiger partial charge in [-0.15, -0.1) is 11.3 Å². The summed E-state index contributed by atoms with van der Waals surface area (Å²) in [7, 11) is 0. The van der Waals surface area contributed by atoms with Gasteiger partial charge in [-0.25, -0.2) is 0 Å². The number of aromatic nitrogens is 1. The van der Waals surface area contributed by atoms with Crippen molar-refractivity contribution in [3.05, 3.63) is 62.4 Å². The number of nitrogens with zero attached hydrogens (tertiary/aromatic N) is 1. The normalized spacial score (nSPS) is 10.8. The maximum Gasteiger partial charge on any atom is 0.203 e. The molecule has 3 aromatic rings. The van der Waals surface area contributed by atoms with Crippen LogP contribution in [0.5, 0.6) is 0 Å². The minimum absolute atomic E-state index is 0.0475. The Morgan fingerprint density at radius 2 is 2.11 bits per heavy atom. The van der Waals surface area contributed by atoms with E-state index in [0.717, 1.165) is 25.1 Å². The van der Waals surface area contributed by atoms with E-state index in [1.807, 2.05) is 43.3 Å². The smallest absolute Gasteiger partial charge is 0.203 e. The van der Waals surface area contributed by atoms with Gasteiger partial charge in [0.2, 0.25) is 5.78 Å². The number of aryl methyl sites for hydroxylation is 1. The van der Waals surface area contributed by atoms with Gasteiger partial charge in [-0.3, -0.25) is 9.78 Å². The van der Waals surface area contributed by atoms with E-state index in [1.165, 1.54) is 11.3 Å². The number of fused-ring (bicyclic) bond motifs is 1. The fraction of sp³-hybridized carbons (Fsp3) is 0.0667. The number of carbonyl (C=O) groups excluding carboxylic acids is 1. The summed E-state index contributed by atoms with van der Waals surface area (Å²) in [6.07, 6.45) is 1.74. The highest BCUT2D eigenvalue weighted by Crippen LogP contribution is 2.29. The van der Waals surface area contributed by atoms with Crippen molar-refractivity contribution in [3.8, 4) is 0 Å². The monoisotopic (exact) mass is 331 g/mol. The van der Waals surface area contributed by atoms with Gasteiger partial charge in [0.15, 0.2) is 0 Å². The largest absolute Gasteiger partial charge is 0.288 e. The van der Waals surface area contributed by atoms with Crippen molar-refractivity contribution in [2.24, 2.45) is 0 Å². The van der Waals surface area contributed by atoms with Gasteiger partial charge < -0.3 is 0 Å². The predicted molar refractivity (Wildman–Crippen MR) is 81.9 cm³/mol. The lowest BCUT2D eigenvalue weighted by atomic mass is 10.1. The minimum atomic E-state index is 0.0475. The van der Waals surface area contributed by atoms with Crippen LogP contribution in [-0.4, -0.2) is 10.8 Å². The molecule has 0 aliphatic rings. The molecule has 0 radical (unpaired) electrons. The highest BCUT2D eigenvalue weighted by molar-refractivity contribution is 9.11. The van der Waals surface area contributed by atoms with Gasteiger partial charge in [0.1, 0.15) is 0 Å². The average Bonchev–Trinajstić information content (AvgIpc) is 2.77. The SMILES string of the molecule is Cc1cc(C(=O)c2ccc3cccnc3c2)sc1Br. The van der Waals surface area contributed by atoms with Crippen LogP contribution in [0.3, 0.4) is 0 Å². The van der Waals surface area contributed by atoms with E-state index in [2.05, 4.69) is 20.9 Å². The van der Waals surface area contributed by atoms with Gasteiger partial charge in [-0.2, -0.15) is 0 Å². The zero-order valence-corrected chi connectivity index (χ0v) is 12.6. The standard InChI is InChI=1S/C15H10BrNOS/c1-9-7-13(19-15(9)16)14(18)11-5-4-10-3-2-6-17-12(10)8-11/h2-8H,1H3. The van der Waals surface area contributed by atoms with Gasteiger partial charge >= 0.3 is 0 Å². The quantitative estimate of drug-likeness (QED) is 0.642. The summed E-state index contributed by atoms with van der Waals surface area (Å²) in [5.41, 5.74) is 2.62. The molecule has 4 heteroatoms. The molecule has 1 aromatic carbocycles. The van der Waals surface area contributed by atoms with Crippen molar-refractivity contribution in [3.63, 3.8) is 0 Å². The molecule has 0 amide bonds. The Hall–Kier alpha value is -1.52. The van der Waals surface area contributed by atoms with Crippen molar-refractivity contribution in [1.82, 2.24) is 4.98 Å². The zero-order chi connectivity index (χ0) is 13.4. The van der Waals surface area contributed by atoms with E-state index >= 15 is 0 Å². The molecule has 2 aromatic heterocycles. The van der Waals surface area contributed by atoms with Crippen molar-refractivity contribution >= 4 is 44.0 Å². The van der Waals surface area contributed by atoms with Crippen LogP contribution in [0.2, 0.25) is 0 Å². The Morgan fingerprint density at radius 1 is 1.26 bits per heavy atom. The number of halogens is 1. The molecule has 0 spiro atoms. The number of pyridine rings is 1. The molecule has 94 valence electrons. The summed E-state index contributed by atoms with van der Waals surface area (Å²) in [6.45, 7) is 1.99. The van der Waals surface area contributed by atoms with Crippen LogP contribution < -0.4 is 0 Å². The number of carbonyl (C=O) groups is 1. The molecule has 0 N–H and O–H groups in total. The topological polar surface area (TPSA) is 30.0 Å². The lowest BCUT2D eigenvalue weighted by Gasteiger charge is -2.00. The van der Waals surface area contributed by atoms with Crippen molar-refractivity contribution in [2.45, 2.75) is 6.92 Å². The first-order valence-corrected chi connectivity index (χ1v) is 7.41. The summed E-state index contributed by atoms with van der Waals surface area (Å²) < 4.78 is 1.01. The second kappa shape index (κ2) is 4.87. The third-order valence-electron chi connectivity index (χ3n) is 2.95. The molecule has 0 saturated carbocycles. The molecule has 0 aliphatic carbocycles. The highest BCUT2D eigenvalue weighted by Gasteiger charge is 2.14. The minimum Gasteiger partial charge on any atom is -0.288 e. The number of thiophene rings is 1. The van der Waals surface area contributed by atoms with E-state index in [9.17, 15) is 4.79 Å². The summed E-state index contributed by atoms with van der Waals surface area (Å²) >= 11 is 4.92. The number of hydrogen-bond donors (Lipinski definition) is 0. The van der Waals surface area contributed by atoms with E-state index in [1.54, 1.807) is 6.20 Å². The molecule has 0 saturated heterocycles. The molecule has 3 rings (SSSR count). The second-order valence-corrected chi connectivity index (χ2v) is 6.68. The van der Waals surface area contributed by atoms with E-state index < -0.39 is 0 Å². The van der Waals surface area contributed by atoms with Crippen LogP contribution in [0.15, 0.2) is 46.4 Å². The molecule has 2 nitrogen and oxygen atoms in total. The lowest BCUT2D eigenvalue weighted by molar-refractivity contribution is 0.104. The molecule has 19 heavy (non-hydrogen) atoms. The van der Waals surface area contributed by atoms with Crippen LogP contribution in [0.1, 0.15) is 20.8 Å². The van der Waals surface area contributed by atoms with Crippen molar-refractivity contribution < 1.29 is 4.79 Å². The number of ketones is 1. The lowest BCUT2D eigenvalue weighted by Crippen LogP contribution is -1.98. The van der Waals surface area contributed by atoms with Gasteiger partial charge in [0.25, 0.3) is 0 Å². The Morgan fingerprint density at radius 3 is 2.84 bits per heavy atom. The van der Waals surface area contributed by atoms with Crippen LogP contribution >= 0.6 is 27.3 Å². The van der Waals surface area contributed by atoms with Gasteiger partial charge in [-0.05, 0) is 46.6 Å². The molecule has 2 heterocycles. The summed E-state index contributed by atoms with van der Waals surface area (Å²) in [4.78, 5) is 17.4. The number of benzene rings is 1. The van der Waals surface area contributed by atoms with Crippen LogP contribution in [0, 0.1) is 6.92 Å². The van der Waals surface area contributed by atoms with Crippen LogP contribution in [-0.2, 0) is 0 Å². The Labute approximate surface area is 123 Å². The third-order valence-corrected chi connectivity index (χ3v) is 5.08. The maximum atomic E-state index is 12.4. The number of rotatable bonds is 2. The summed E-state index contributed by atoms with van der Waals surface area (Å²) in [6, 6.07) is 11.4. The maximum absolute atomic E-state index is 12.4. The first-order valence-electron chi connectivity index (χ1n) is 5.80. The van der Waals surface area contributed by atoms with Crippen molar-refractivity contribution in [2.75, 3.05) is 0 Å². The Balaban J connectivity index is 2.06. The van der Waals surface area contributed by atoms with E-state index in [4.69, 9.17) is 0 Å². The van der Waals surface area contributed by atoms with Crippen LogP contribution in [0.25, 0.3) is 10.9 Å². The fourth-order valence-corrected chi connectivity index (χ4v) is 3.42. The molecular formula is C15H10BrNOS.